The number of hydrogen-bond acceptors (Lipinski definition) is 26. The second kappa shape index (κ2) is 29.4. The van der Waals surface area contributed by atoms with Crippen LogP contribution >= 0.6 is 48.0 Å². The summed E-state index contributed by atoms with van der Waals surface area (Å²) in [5.41, 5.74) is 1.43. The maximum atomic E-state index is 12.7. The van der Waals surface area contributed by atoms with Crippen LogP contribution in [0, 0.1) is 9.54 Å². The first-order chi connectivity index (χ1) is 38.1. The van der Waals surface area contributed by atoms with Gasteiger partial charge in [-0.05, 0) is 48.4 Å². The molecule has 2 aromatic carbocycles. The number of carbonyl (C=O) groups excluding carboxylic acids is 8. The van der Waals surface area contributed by atoms with Crippen molar-refractivity contribution in [3.63, 3.8) is 0 Å². The van der Waals surface area contributed by atoms with E-state index in [1.54, 1.807) is 12.4 Å². The van der Waals surface area contributed by atoms with Crippen LogP contribution in [0.5, 0.6) is 0 Å². The number of rotatable bonds is 23. The summed E-state index contributed by atoms with van der Waals surface area (Å²) in [6.45, 7) is 8.07. The summed E-state index contributed by atoms with van der Waals surface area (Å²) in [6, 6.07) is 18.2. The Hall–Kier alpha value is -7.12. The molecule has 0 bridgehead atoms. The molecular formula is C50H58N8O18S4. The molecule has 0 unspecified atom stereocenters. The molecule has 2 fully saturated rings. The summed E-state index contributed by atoms with van der Waals surface area (Å²) in [6.07, 6.45) is -10.1. The zero-order valence-electron chi connectivity index (χ0n) is 44.5. The number of carbonyl (C=O) groups is 8. The average Bonchev–Trinajstić information content (AvgIpc) is 3.95. The first kappa shape index (κ1) is 62.1. The van der Waals surface area contributed by atoms with Crippen LogP contribution in [0.1, 0.15) is 91.8 Å². The number of unbranched alkanes of at least 4 members (excludes halogenated alkanes) is 1. The molecule has 26 nitrogen and oxygen atoms in total. The van der Waals surface area contributed by atoms with E-state index in [9.17, 15) is 38.4 Å². The van der Waals surface area contributed by atoms with E-state index >= 15 is 0 Å². The highest BCUT2D eigenvalue weighted by molar-refractivity contribution is 7.99. The smallest absolute Gasteiger partial charge is 0.303 e. The normalized spacial score (nSPS) is 22.7. The maximum Gasteiger partial charge on any atom is 0.303 e. The summed E-state index contributed by atoms with van der Waals surface area (Å²) in [7, 11) is 0. The highest BCUT2D eigenvalue weighted by atomic mass is 32.2. The van der Waals surface area contributed by atoms with Crippen molar-refractivity contribution in [1.82, 2.24) is 28.9 Å². The Morgan fingerprint density at radius 3 is 1.11 bits per heavy atom. The molecule has 0 N–H and O–H groups in total. The fourth-order valence-corrected chi connectivity index (χ4v) is 10.6. The number of nitrogens with zero attached hydrogens (tertiary/aromatic N) is 8. The summed E-state index contributed by atoms with van der Waals surface area (Å²) in [5, 5.41) is 19.4. The van der Waals surface area contributed by atoms with E-state index in [0.29, 0.717) is 35.5 Å². The Bertz CT molecular complexity index is 2860. The minimum absolute atomic E-state index is 0.0521. The lowest BCUT2D eigenvalue weighted by atomic mass is 9.97. The van der Waals surface area contributed by atoms with Crippen molar-refractivity contribution in [3.05, 3.63) is 81.3 Å². The van der Waals surface area contributed by atoms with Crippen LogP contribution in [-0.4, -0.2) is 163 Å². The molecule has 10 atom stereocenters. The monoisotopic (exact) mass is 1190 g/mol. The van der Waals surface area contributed by atoms with E-state index in [0.717, 1.165) is 55.4 Å². The van der Waals surface area contributed by atoms with E-state index in [2.05, 4.69) is 10.2 Å². The van der Waals surface area contributed by atoms with Crippen LogP contribution in [0.3, 0.4) is 0 Å². The number of hydrogen-bond donors (Lipinski definition) is 0. The van der Waals surface area contributed by atoms with E-state index in [-0.39, 0.29) is 19.9 Å². The topological polar surface area (TPSA) is 299 Å². The van der Waals surface area contributed by atoms with E-state index in [4.69, 9.17) is 82.0 Å². The van der Waals surface area contributed by atoms with E-state index in [1.807, 2.05) is 60.7 Å². The SMILES string of the molecule is CC(=O)OC[C@H]1O[C@@H](n2nc(SCCCCSc3nn([C@@H]4O[C@H](COC(C)=O)[C@@H](OC(C)=O)[C@H](OC(C)=O)[C@H]4OC(C)=O)c(=S)n3/N=C/c3ccccc3)n(/N=C/c3ccccc3)c2=S)[C@H](OC(C)=O)[C@@H](OC(C)=O)[C@@H]1OC(C)=O. The second-order valence-electron chi connectivity index (χ2n) is 17.5. The highest BCUT2D eigenvalue weighted by Gasteiger charge is 2.55. The van der Waals surface area contributed by atoms with Crippen molar-refractivity contribution in [2.75, 3.05) is 24.7 Å². The van der Waals surface area contributed by atoms with Gasteiger partial charge in [-0.3, -0.25) is 38.4 Å². The Morgan fingerprint density at radius 2 is 0.800 bits per heavy atom. The summed E-state index contributed by atoms with van der Waals surface area (Å²) >= 11 is 14.4. The first-order valence-electron chi connectivity index (χ1n) is 24.6. The Balaban J connectivity index is 1.31. The van der Waals surface area contributed by atoms with Crippen LogP contribution in [-0.2, 0) is 85.7 Å². The van der Waals surface area contributed by atoms with Gasteiger partial charge in [0.15, 0.2) is 49.1 Å². The molecule has 4 aromatic rings. The standard InChI is InChI=1S/C50H58N8O18S4/c1-27(59)67-25-37-39(69-29(3)61)41(71-31(5)63)43(73-33(7)65)45(75-37)55-49(77)57(51-23-35-17-11-9-12-18-35)47(53-55)79-21-15-16-22-80-48-54-56(50(78)58(48)52-24-36-19-13-10-14-20-36)46-44(74-34(8)66)42(72-32(6)64)40(70-30(4)62)38(76-46)26-68-28(2)60/h9-14,17-20,23-24,37-46H,15-16,21-22,25-26H2,1-8H3/b51-23+,52-24+/t37-,38-,39-,40-,41+,42+,43-,44-,45-,46-/m1/s1. The van der Waals surface area contributed by atoms with Gasteiger partial charge < -0.3 is 47.4 Å². The van der Waals surface area contributed by atoms with Gasteiger partial charge >= 0.3 is 47.8 Å². The predicted octanol–water partition coefficient (Wildman–Crippen LogP) is 5.08. The van der Waals surface area contributed by atoms with Gasteiger partial charge in [-0.1, -0.05) is 84.2 Å². The highest BCUT2D eigenvalue weighted by Crippen LogP contribution is 2.38. The number of esters is 8. The number of benzene rings is 2. The molecule has 0 radical (unpaired) electrons. The zero-order chi connectivity index (χ0) is 58.2. The lowest BCUT2D eigenvalue weighted by Crippen LogP contribution is -2.60. The molecule has 30 heteroatoms. The third-order valence-corrected chi connectivity index (χ3v) is 13.9. The van der Waals surface area contributed by atoms with Crippen LogP contribution in [0.2, 0.25) is 0 Å². The van der Waals surface area contributed by atoms with Gasteiger partial charge in [0, 0.05) is 66.9 Å². The Morgan fingerprint density at radius 1 is 0.487 bits per heavy atom. The minimum Gasteiger partial charge on any atom is -0.463 e. The number of thioether (sulfide) groups is 2. The van der Waals surface area contributed by atoms with Crippen molar-refractivity contribution >= 4 is 108 Å². The lowest BCUT2D eigenvalue weighted by Gasteiger charge is -2.44. The van der Waals surface area contributed by atoms with Crippen molar-refractivity contribution in [3.8, 4) is 0 Å². The van der Waals surface area contributed by atoms with Crippen molar-refractivity contribution < 1.29 is 85.7 Å². The molecule has 80 heavy (non-hydrogen) atoms. The van der Waals surface area contributed by atoms with E-state index in [1.165, 1.54) is 42.2 Å². The van der Waals surface area contributed by atoms with Gasteiger partial charge in [-0.2, -0.15) is 19.6 Å². The molecule has 4 heterocycles. The summed E-state index contributed by atoms with van der Waals surface area (Å²) < 4.78 is 62.2. The number of ether oxygens (including phenoxy) is 10. The van der Waals surface area contributed by atoms with Gasteiger partial charge in [-0.15, -0.1) is 10.2 Å². The van der Waals surface area contributed by atoms with Gasteiger partial charge in [0.2, 0.25) is 19.9 Å². The molecular weight excluding hydrogens is 1130 g/mol. The minimum atomic E-state index is -1.51. The molecule has 0 saturated carbocycles. The van der Waals surface area contributed by atoms with E-state index < -0.39 is 122 Å². The van der Waals surface area contributed by atoms with Gasteiger partial charge in [0.1, 0.15) is 25.4 Å². The second-order valence-corrected chi connectivity index (χ2v) is 20.4. The molecule has 0 aliphatic carbocycles. The maximum absolute atomic E-state index is 12.7. The largest absolute Gasteiger partial charge is 0.463 e. The van der Waals surface area contributed by atoms with Gasteiger partial charge in [-0.25, -0.2) is 9.36 Å². The molecule has 0 amide bonds. The molecule has 2 aliphatic rings. The summed E-state index contributed by atoms with van der Waals surface area (Å²) in [4.78, 5) is 99.4. The summed E-state index contributed by atoms with van der Waals surface area (Å²) in [5.74, 6) is -5.39. The number of aromatic nitrogens is 6. The predicted molar refractivity (Wildman–Crippen MR) is 286 cm³/mol. The van der Waals surface area contributed by atoms with Crippen LogP contribution in [0.15, 0.2) is 81.2 Å². The van der Waals surface area contributed by atoms with Crippen LogP contribution < -0.4 is 0 Å². The van der Waals surface area contributed by atoms with Crippen LogP contribution in [0.4, 0.5) is 0 Å². The fourth-order valence-electron chi connectivity index (χ4n) is 8.08. The molecule has 2 aromatic heterocycles. The molecule has 430 valence electrons. The molecule has 6 rings (SSSR count). The molecule has 2 aliphatic heterocycles. The quantitative estimate of drug-likeness (QED) is 0.0233. The Kier molecular flexibility index (Phi) is 22.8. The van der Waals surface area contributed by atoms with Gasteiger partial charge in [0.05, 0.1) is 12.4 Å². The van der Waals surface area contributed by atoms with Crippen molar-refractivity contribution in [2.24, 2.45) is 10.2 Å². The first-order valence-corrected chi connectivity index (χ1v) is 27.4. The molecule has 2 saturated heterocycles. The van der Waals surface area contributed by atoms with Gasteiger partial charge in [0.25, 0.3) is 0 Å². The van der Waals surface area contributed by atoms with Crippen molar-refractivity contribution in [1.29, 1.82) is 0 Å². The Labute approximate surface area is 476 Å². The van der Waals surface area contributed by atoms with Crippen LogP contribution in [0.25, 0.3) is 0 Å². The lowest BCUT2D eigenvalue weighted by molar-refractivity contribution is -0.270. The fraction of sp³-hybridized carbons (Fsp3) is 0.480. The van der Waals surface area contributed by atoms with Crippen molar-refractivity contribution in [2.45, 2.75) is 140 Å². The third kappa shape index (κ3) is 17.2. The zero-order valence-corrected chi connectivity index (χ0v) is 47.8. The third-order valence-electron chi connectivity index (χ3n) is 11.2. The average molecular weight is 1190 g/mol. The molecule has 0 spiro atoms.